The minimum absolute atomic E-state index is 0.0163. The van der Waals surface area contributed by atoms with E-state index in [-0.39, 0.29) is 23.2 Å². The van der Waals surface area contributed by atoms with Gasteiger partial charge in [0.2, 0.25) is 20.0 Å². The first-order valence-corrected chi connectivity index (χ1v) is 11.6. The van der Waals surface area contributed by atoms with Crippen LogP contribution in [0.5, 0.6) is 5.75 Å². The third-order valence-corrected chi connectivity index (χ3v) is 7.61. The topological polar surface area (TPSA) is 104 Å². The molecular formula is C16H26N2O6S2. The molecule has 0 spiro atoms. The van der Waals surface area contributed by atoms with E-state index in [1.165, 1.54) is 30.7 Å². The minimum Gasteiger partial charge on any atom is -0.492 e. The van der Waals surface area contributed by atoms with Crippen LogP contribution < -0.4 is 4.74 Å². The molecule has 1 aromatic rings. The summed E-state index contributed by atoms with van der Waals surface area (Å²) in [4.78, 5) is 0.0163. The summed E-state index contributed by atoms with van der Waals surface area (Å²) < 4.78 is 56.5. The van der Waals surface area contributed by atoms with Crippen LogP contribution in [0.25, 0.3) is 0 Å². The number of ether oxygens (including phenoxy) is 1. The van der Waals surface area contributed by atoms with E-state index in [0.29, 0.717) is 38.1 Å². The van der Waals surface area contributed by atoms with E-state index in [1.54, 1.807) is 12.1 Å². The van der Waals surface area contributed by atoms with Crippen molar-refractivity contribution in [3.8, 4) is 5.75 Å². The first-order chi connectivity index (χ1) is 12.1. The number of rotatable bonds is 7. The molecule has 0 bridgehead atoms. The molecular weight excluding hydrogens is 380 g/mol. The van der Waals surface area contributed by atoms with Crippen molar-refractivity contribution < 1.29 is 26.7 Å². The van der Waals surface area contributed by atoms with Crippen molar-refractivity contribution in [2.75, 3.05) is 40.0 Å². The smallest absolute Gasteiger partial charge is 0.246 e. The summed E-state index contributed by atoms with van der Waals surface area (Å²) in [5.41, 5.74) is 0.485. The number of benzene rings is 1. The van der Waals surface area contributed by atoms with Crippen molar-refractivity contribution in [3.63, 3.8) is 0 Å². The Morgan fingerprint density at radius 1 is 1.19 bits per heavy atom. The third kappa shape index (κ3) is 4.95. The lowest BCUT2D eigenvalue weighted by Gasteiger charge is -2.30. The Bertz CT molecular complexity index is 828. The second-order valence-electron chi connectivity index (χ2n) is 6.64. The van der Waals surface area contributed by atoms with Gasteiger partial charge in [0.25, 0.3) is 0 Å². The fraction of sp³-hybridized carbons (Fsp3) is 0.625. The van der Waals surface area contributed by atoms with Crippen LogP contribution in [0.1, 0.15) is 18.4 Å². The highest BCUT2D eigenvalue weighted by Crippen LogP contribution is 2.29. The molecule has 0 aliphatic carbocycles. The predicted octanol–water partition coefficient (Wildman–Crippen LogP) is 0.480. The molecule has 2 rings (SSSR count). The molecule has 1 aliphatic heterocycles. The number of hydrogen-bond acceptors (Lipinski definition) is 6. The molecule has 8 nitrogen and oxygen atoms in total. The Morgan fingerprint density at radius 3 is 2.31 bits per heavy atom. The SMILES string of the molecule is CN(C)S(=O)(=O)c1cc(CO)ccc1OCC1CCN(S(C)(=O)=O)CC1. The van der Waals surface area contributed by atoms with Gasteiger partial charge in [0.15, 0.2) is 0 Å². The summed E-state index contributed by atoms with van der Waals surface area (Å²) in [6.07, 6.45) is 2.53. The van der Waals surface area contributed by atoms with Gasteiger partial charge >= 0.3 is 0 Å². The second-order valence-corrected chi connectivity index (χ2v) is 10.7. The van der Waals surface area contributed by atoms with Gasteiger partial charge in [-0.1, -0.05) is 6.07 Å². The Balaban J connectivity index is 2.11. The lowest BCUT2D eigenvalue weighted by atomic mass is 9.99. The summed E-state index contributed by atoms with van der Waals surface area (Å²) in [5, 5.41) is 9.28. The average Bonchev–Trinajstić information content (AvgIpc) is 2.59. The Labute approximate surface area is 155 Å². The third-order valence-electron chi connectivity index (χ3n) is 4.47. The first-order valence-electron chi connectivity index (χ1n) is 8.30. The largest absolute Gasteiger partial charge is 0.492 e. The molecule has 1 fully saturated rings. The van der Waals surface area contributed by atoms with Gasteiger partial charge in [-0.05, 0) is 36.5 Å². The first kappa shape index (κ1) is 21.1. The Morgan fingerprint density at radius 2 is 1.81 bits per heavy atom. The van der Waals surface area contributed by atoms with E-state index in [4.69, 9.17) is 4.74 Å². The van der Waals surface area contributed by atoms with Crippen LogP contribution in [0, 0.1) is 5.92 Å². The zero-order chi connectivity index (χ0) is 19.5. The molecule has 0 atom stereocenters. The fourth-order valence-electron chi connectivity index (χ4n) is 2.78. The van der Waals surface area contributed by atoms with Crippen molar-refractivity contribution in [2.24, 2.45) is 5.92 Å². The number of piperidine rings is 1. The monoisotopic (exact) mass is 406 g/mol. The highest BCUT2D eigenvalue weighted by molar-refractivity contribution is 7.89. The normalized spacial score (nSPS) is 17.6. The van der Waals surface area contributed by atoms with E-state index in [1.807, 2.05) is 0 Å². The lowest BCUT2D eigenvalue weighted by Crippen LogP contribution is -2.39. The van der Waals surface area contributed by atoms with E-state index in [9.17, 15) is 21.9 Å². The van der Waals surface area contributed by atoms with E-state index >= 15 is 0 Å². The molecule has 10 heteroatoms. The van der Waals surface area contributed by atoms with E-state index < -0.39 is 20.0 Å². The number of hydrogen-bond donors (Lipinski definition) is 1. The number of aliphatic hydroxyl groups excluding tert-OH is 1. The summed E-state index contributed by atoms with van der Waals surface area (Å²) in [7, 11) is -4.01. The molecule has 0 aromatic heterocycles. The second kappa shape index (κ2) is 8.22. The van der Waals surface area contributed by atoms with Gasteiger partial charge in [-0.15, -0.1) is 0 Å². The van der Waals surface area contributed by atoms with Crippen LogP contribution in [0.15, 0.2) is 23.1 Å². The van der Waals surface area contributed by atoms with Crippen LogP contribution in [-0.4, -0.2) is 70.6 Å². The quantitative estimate of drug-likeness (QED) is 0.706. The van der Waals surface area contributed by atoms with Crippen LogP contribution in [0.4, 0.5) is 0 Å². The van der Waals surface area contributed by atoms with Crippen LogP contribution >= 0.6 is 0 Å². The van der Waals surface area contributed by atoms with Crippen LogP contribution in [0.2, 0.25) is 0 Å². The molecule has 0 unspecified atom stereocenters. The Hall–Kier alpha value is -1.20. The van der Waals surface area contributed by atoms with E-state index in [2.05, 4.69) is 0 Å². The van der Waals surface area contributed by atoms with Gasteiger partial charge in [-0.2, -0.15) is 0 Å². The summed E-state index contributed by atoms with van der Waals surface area (Å²) in [6.45, 7) is 0.935. The molecule has 0 saturated carbocycles. The Kier molecular flexibility index (Phi) is 6.67. The summed E-state index contributed by atoms with van der Waals surface area (Å²) in [5.74, 6) is 0.391. The highest BCUT2D eigenvalue weighted by atomic mass is 32.2. The number of nitrogens with zero attached hydrogens (tertiary/aromatic N) is 2. The maximum atomic E-state index is 12.5. The lowest BCUT2D eigenvalue weighted by molar-refractivity contribution is 0.182. The zero-order valence-electron chi connectivity index (χ0n) is 15.3. The summed E-state index contributed by atoms with van der Waals surface area (Å²) in [6, 6.07) is 4.58. The average molecular weight is 407 g/mol. The van der Waals surface area contributed by atoms with E-state index in [0.717, 1.165) is 4.31 Å². The van der Waals surface area contributed by atoms with Crippen LogP contribution in [-0.2, 0) is 26.7 Å². The van der Waals surface area contributed by atoms with Crippen molar-refractivity contribution in [1.29, 1.82) is 0 Å². The van der Waals surface area contributed by atoms with Crippen molar-refractivity contribution in [1.82, 2.24) is 8.61 Å². The molecule has 26 heavy (non-hydrogen) atoms. The molecule has 1 saturated heterocycles. The van der Waals surface area contributed by atoms with Gasteiger partial charge in [0.1, 0.15) is 10.6 Å². The van der Waals surface area contributed by atoms with Crippen molar-refractivity contribution in [3.05, 3.63) is 23.8 Å². The van der Waals surface area contributed by atoms with Gasteiger partial charge in [0.05, 0.1) is 19.5 Å². The van der Waals surface area contributed by atoms with Crippen molar-refractivity contribution in [2.45, 2.75) is 24.3 Å². The molecule has 0 radical (unpaired) electrons. The number of sulfonamides is 2. The molecule has 1 heterocycles. The summed E-state index contributed by atoms with van der Waals surface area (Å²) >= 11 is 0. The molecule has 1 aromatic carbocycles. The predicted molar refractivity (Wildman–Crippen MR) is 97.9 cm³/mol. The van der Waals surface area contributed by atoms with Gasteiger partial charge in [0, 0.05) is 27.2 Å². The van der Waals surface area contributed by atoms with Crippen molar-refractivity contribution >= 4 is 20.0 Å². The maximum absolute atomic E-state index is 12.5. The zero-order valence-corrected chi connectivity index (χ0v) is 16.9. The van der Waals surface area contributed by atoms with Crippen LogP contribution in [0.3, 0.4) is 0 Å². The fourth-order valence-corrected chi connectivity index (χ4v) is 4.73. The molecule has 1 N–H and O–H groups in total. The number of aliphatic hydroxyl groups is 1. The molecule has 148 valence electrons. The highest BCUT2D eigenvalue weighted by Gasteiger charge is 2.27. The maximum Gasteiger partial charge on any atom is 0.246 e. The van der Waals surface area contributed by atoms with Gasteiger partial charge < -0.3 is 9.84 Å². The molecule has 1 aliphatic rings. The van der Waals surface area contributed by atoms with Gasteiger partial charge in [-0.25, -0.2) is 25.4 Å². The molecule has 0 amide bonds. The standard InChI is InChI=1S/C16H26N2O6S2/c1-17(2)26(22,23)16-10-14(11-19)4-5-15(16)24-12-13-6-8-18(9-7-13)25(3,20)21/h4-5,10,13,19H,6-9,11-12H2,1-3H3. The van der Waals surface area contributed by atoms with Gasteiger partial charge in [-0.3, -0.25) is 0 Å². The minimum atomic E-state index is -3.71.